The van der Waals surface area contributed by atoms with E-state index < -0.39 is 17.0 Å². The van der Waals surface area contributed by atoms with E-state index in [9.17, 15) is 13.6 Å². The molecule has 5 nitrogen and oxygen atoms in total. The van der Waals surface area contributed by atoms with Crippen LogP contribution in [0, 0.1) is 0 Å². The van der Waals surface area contributed by atoms with Gasteiger partial charge in [-0.2, -0.15) is 0 Å². The summed E-state index contributed by atoms with van der Waals surface area (Å²) in [4.78, 5) is 10.4. The molecule has 0 bridgehead atoms. The highest BCUT2D eigenvalue weighted by molar-refractivity contribution is 7.79. The third-order valence-corrected chi connectivity index (χ3v) is 1.96. The molecule has 0 aliphatic rings. The fourth-order valence-corrected chi connectivity index (χ4v) is 1.18. The lowest BCUT2D eigenvalue weighted by molar-refractivity contribution is -0.129. The first kappa shape index (κ1) is 11.5. The summed E-state index contributed by atoms with van der Waals surface area (Å²) in [6.45, 7) is 0. The van der Waals surface area contributed by atoms with Crippen LogP contribution in [-0.2, 0) is 15.9 Å². The van der Waals surface area contributed by atoms with E-state index in [1.54, 1.807) is 0 Å². The number of unbranched alkanes of at least 4 members (excludes halogenated alkanes) is 2. The van der Waals surface area contributed by atoms with Gasteiger partial charge >= 0.3 is 0 Å². The standard InChI is InChI=1S/C6H13NO4S/c8-6(7-9)4-2-1-3-5-12(10)11/h9H,1-5H2,(H,7,8)(H,10,11)/p-1. The second-order valence-corrected chi connectivity index (χ2v) is 3.37. The average Bonchev–Trinajstić information content (AvgIpc) is 2.03. The second kappa shape index (κ2) is 7.20. The normalized spacial score (nSPS) is 12.5. The van der Waals surface area contributed by atoms with Crippen LogP contribution >= 0.6 is 0 Å². The Labute approximate surface area is 73.4 Å². The zero-order valence-corrected chi connectivity index (χ0v) is 7.43. The van der Waals surface area contributed by atoms with E-state index in [0.717, 1.165) is 0 Å². The molecule has 1 amide bonds. The summed E-state index contributed by atoms with van der Waals surface area (Å²) >= 11 is -1.98. The highest BCUT2D eigenvalue weighted by Gasteiger charge is 1.97. The number of amides is 1. The van der Waals surface area contributed by atoms with Gasteiger partial charge in [-0.25, -0.2) is 5.48 Å². The maximum atomic E-state index is 10.4. The zero-order valence-electron chi connectivity index (χ0n) is 6.62. The van der Waals surface area contributed by atoms with Gasteiger partial charge in [0.1, 0.15) is 0 Å². The molecule has 0 fully saturated rings. The second-order valence-electron chi connectivity index (χ2n) is 2.35. The molecule has 0 saturated carbocycles. The van der Waals surface area contributed by atoms with Crippen molar-refractivity contribution < 1.29 is 18.8 Å². The Hall–Kier alpha value is -0.460. The van der Waals surface area contributed by atoms with E-state index >= 15 is 0 Å². The topological polar surface area (TPSA) is 89.5 Å². The van der Waals surface area contributed by atoms with Crippen molar-refractivity contribution in [3.05, 3.63) is 0 Å². The quantitative estimate of drug-likeness (QED) is 0.268. The minimum atomic E-state index is -1.98. The van der Waals surface area contributed by atoms with Crippen LogP contribution in [0.5, 0.6) is 0 Å². The van der Waals surface area contributed by atoms with Gasteiger partial charge in [-0.1, -0.05) is 17.5 Å². The van der Waals surface area contributed by atoms with Crippen LogP contribution in [0.25, 0.3) is 0 Å². The minimum Gasteiger partial charge on any atom is -0.772 e. The Morgan fingerprint density at radius 3 is 2.58 bits per heavy atom. The summed E-state index contributed by atoms with van der Waals surface area (Å²) in [5.74, 6) is -0.293. The Kier molecular flexibility index (Phi) is 6.93. The predicted octanol–water partition coefficient (Wildman–Crippen LogP) is -0.0687. The molecule has 0 aromatic carbocycles. The van der Waals surface area contributed by atoms with Gasteiger partial charge in [-0.05, 0) is 12.8 Å². The van der Waals surface area contributed by atoms with Crippen LogP contribution in [0.3, 0.4) is 0 Å². The number of carbonyl (C=O) groups is 1. The van der Waals surface area contributed by atoms with Crippen LogP contribution in [0.1, 0.15) is 25.7 Å². The molecular formula is C6H12NO4S-. The lowest BCUT2D eigenvalue weighted by Gasteiger charge is -2.03. The molecule has 2 N–H and O–H groups in total. The lowest BCUT2D eigenvalue weighted by Crippen LogP contribution is -2.17. The average molecular weight is 194 g/mol. The SMILES string of the molecule is O=C(CCCCCS(=O)[O-])NO. The molecule has 6 heteroatoms. The van der Waals surface area contributed by atoms with Gasteiger partial charge in [0, 0.05) is 12.2 Å². The summed E-state index contributed by atoms with van der Waals surface area (Å²) in [6.07, 6.45) is 2.09. The molecule has 0 saturated heterocycles. The molecule has 0 aromatic rings. The first-order valence-electron chi connectivity index (χ1n) is 3.65. The van der Waals surface area contributed by atoms with Crippen LogP contribution in [-0.4, -0.2) is 25.6 Å². The summed E-state index contributed by atoms with van der Waals surface area (Å²) in [7, 11) is 0. The minimum absolute atomic E-state index is 0.140. The number of rotatable bonds is 6. The molecular weight excluding hydrogens is 182 g/mol. The fraction of sp³-hybridized carbons (Fsp3) is 0.833. The molecule has 1 unspecified atom stereocenters. The van der Waals surface area contributed by atoms with Gasteiger partial charge in [0.2, 0.25) is 5.91 Å². The monoisotopic (exact) mass is 194 g/mol. The Morgan fingerprint density at radius 1 is 1.42 bits per heavy atom. The summed E-state index contributed by atoms with van der Waals surface area (Å²) in [5.41, 5.74) is 1.50. The van der Waals surface area contributed by atoms with E-state index in [0.29, 0.717) is 19.3 Å². The van der Waals surface area contributed by atoms with Crippen molar-refractivity contribution in [2.24, 2.45) is 0 Å². The molecule has 0 spiro atoms. The van der Waals surface area contributed by atoms with Crippen molar-refractivity contribution in [2.45, 2.75) is 25.7 Å². The van der Waals surface area contributed by atoms with Crippen molar-refractivity contribution in [3.8, 4) is 0 Å². The van der Waals surface area contributed by atoms with Gasteiger partial charge in [0.25, 0.3) is 0 Å². The largest absolute Gasteiger partial charge is 0.772 e. The third kappa shape index (κ3) is 7.64. The third-order valence-electron chi connectivity index (χ3n) is 1.34. The van der Waals surface area contributed by atoms with E-state index in [1.165, 1.54) is 5.48 Å². The first-order chi connectivity index (χ1) is 5.66. The number of carbonyl (C=O) groups excluding carboxylic acids is 1. The molecule has 0 rings (SSSR count). The fourth-order valence-electron chi connectivity index (χ4n) is 0.738. The molecule has 0 heterocycles. The number of hydrogen-bond acceptors (Lipinski definition) is 4. The highest BCUT2D eigenvalue weighted by atomic mass is 32.2. The Bertz CT molecular complexity index is 162. The van der Waals surface area contributed by atoms with E-state index in [4.69, 9.17) is 5.21 Å². The van der Waals surface area contributed by atoms with E-state index in [2.05, 4.69) is 0 Å². The Balaban J connectivity index is 3.11. The zero-order chi connectivity index (χ0) is 9.40. The molecule has 0 aromatic heterocycles. The van der Waals surface area contributed by atoms with Gasteiger partial charge in [0.05, 0.1) is 0 Å². The number of hydroxylamine groups is 1. The molecule has 12 heavy (non-hydrogen) atoms. The van der Waals surface area contributed by atoms with Gasteiger partial charge in [-0.3, -0.25) is 14.2 Å². The lowest BCUT2D eigenvalue weighted by atomic mass is 10.2. The van der Waals surface area contributed by atoms with Crippen molar-refractivity contribution in [3.63, 3.8) is 0 Å². The summed E-state index contributed by atoms with van der Waals surface area (Å²) < 4.78 is 20.1. The smallest absolute Gasteiger partial charge is 0.243 e. The van der Waals surface area contributed by atoms with Crippen LogP contribution in [0.2, 0.25) is 0 Å². The maximum absolute atomic E-state index is 10.4. The summed E-state index contributed by atoms with van der Waals surface area (Å²) in [5, 5.41) is 8.08. The van der Waals surface area contributed by atoms with Crippen LogP contribution < -0.4 is 5.48 Å². The number of hydrogen-bond donors (Lipinski definition) is 2. The van der Waals surface area contributed by atoms with Crippen molar-refractivity contribution in [1.82, 2.24) is 5.48 Å². The molecule has 0 aliphatic heterocycles. The maximum Gasteiger partial charge on any atom is 0.243 e. The van der Waals surface area contributed by atoms with Crippen molar-refractivity contribution in [1.29, 1.82) is 0 Å². The van der Waals surface area contributed by atoms with Crippen molar-refractivity contribution >= 4 is 17.0 Å². The molecule has 72 valence electrons. The molecule has 0 aliphatic carbocycles. The number of nitrogens with one attached hydrogen (secondary N) is 1. The van der Waals surface area contributed by atoms with Crippen molar-refractivity contribution in [2.75, 3.05) is 5.75 Å². The Morgan fingerprint density at radius 2 is 2.08 bits per heavy atom. The van der Waals surface area contributed by atoms with Gasteiger partial charge in [0.15, 0.2) is 0 Å². The highest BCUT2D eigenvalue weighted by Crippen LogP contribution is 1.99. The van der Waals surface area contributed by atoms with E-state index in [-0.39, 0.29) is 12.2 Å². The first-order valence-corrected chi connectivity index (χ1v) is 4.90. The van der Waals surface area contributed by atoms with Gasteiger partial charge < -0.3 is 4.55 Å². The van der Waals surface area contributed by atoms with Crippen LogP contribution in [0.15, 0.2) is 0 Å². The molecule has 1 atom stereocenters. The van der Waals surface area contributed by atoms with E-state index in [1.807, 2.05) is 0 Å². The molecule has 0 radical (unpaired) electrons. The predicted molar refractivity (Wildman–Crippen MR) is 42.2 cm³/mol. The van der Waals surface area contributed by atoms with Crippen LogP contribution in [0.4, 0.5) is 0 Å². The van der Waals surface area contributed by atoms with Gasteiger partial charge in [-0.15, -0.1) is 0 Å². The summed E-state index contributed by atoms with van der Waals surface area (Å²) in [6, 6.07) is 0.